The molecule has 1 aromatic heterocycles. The Labute approximate surface area is 198 Å². The van der Waals surface area contributed by atoms with Crippen molar-refractivity contribution in [3.05, 3.63) is 92.4 Å². The molecule has 0 aliphatic carbocycles. The molecule has 0 bridgehead atoms. The van der Waals surface area contributed by atoms with Crippen LogP contribution in [0.4, 0.5) is 9.18 Å². The molecule has 1 aliphatic heterocycles. The summed E-state index contributed by atoms with van der Waals surface area (Å²) in [4.78, 5) is 37.7. The van der Waals surface area contributed by atoms with Crippen LogP contribution in [0, 0.1) is 19.7 Å². The lowest BCUT2D eigenvalue weighted by Gasteiger charge is -2.14. The van der Waals surface area contributed by atoms with Crippen molar-refractivity contribution in [1.29, 1.82) is 0 Å². The van der Waals surface area contributed by atoms with E-state index in [1.54, 1.807) is 18.2 Å². The van der Waals surface area contributed by atoms with Crippen LogP contribution < -0.4 is 0 Å². The zero-order valence-electron chi connectivity index (χ0n) is 17.6. The van der Waals surface area contributed by atoms with Crippen molar-refractivity contribution in [3.8, 4) is 5.69 Å². The standard InChI is InChI=1S/C24H18ClFN2O4S/c1-13-10-16(14(2)28(13)17-8-6-15(7-9-17)23(30)31)11-21-22(29)27(24(32)33-21)12-18-19(25)4-3-5-20(18)26/h3-11H,12H2,1-2H3,(H,30,31)/b21-11+. The Bertz CT molecular complexity index is 1310. The van der Waals surface area contributed by atoms with Crippen LogP contribution in [-0.4, -0.2) is 31.7 Å². The molecule has 2 amide bonds. The Morgan fingerprint density at radius 2 is 1.85 bits per heavy atom. The molecule has 4 rings (SSSR count). The Balaban J connectivity index is 1.63. The fraction of sp³-hybridized carbons (Fsp3) is 0.125. The van der Waals surface area contributed by atoms with E-state index in [0.717, 1.165) is 39.3 Å². The molecular formula is C24H18ClFN2O4S. The van der Waals surface area contributed by atoms with Crippen molar-refractivity contribution >= 4 is 46.6 Å². The van der Waals surface area contributed by atoms with Crippen molar-refractivity contribution < 1.29 is 23.9 Å². The molecule has 0 atom stereocenters. The van der Waals surface area contributed by atoms with Gasteiger partial charge in [-0.25, -0.2) is 9.18 Å². The van der Waals surface area contributed by atoms with E-state index in [-0.39, 0.29) is 27.6 Å². The van der Waals surface area contributed by atoms with E-state index in [4.69, 9.17) is 16.7 Å². The summed E-state index contributed by atoms with van der Waals surface area (Å²) in [5, 5.41) is 8.75. The monoisotopic (exact) mass is 484 g/mol. The first-order valence-corrected chi connectivity index (χ1v) is 11.1. The number of thioether (sulfide) groups is 1. The fourth-order valence-corrected chi connectivity index (χ4v) is 4.76. The van der Waals surface area contributed by atoms with Crippen molar-refractivity contribution in [2.75, 3.05) is 0 Å². The summed E-state index contributed by atoms with van der Waals surface area (Å²) in [5.74, 6) is -2.10. The molecule has 2 heterocycles. The summed E-state index contributed by atoms with van der Waals surface area (Å²) >= 11 is 6.84. The van der Waals surface area contributed by atoms with Gasteiger partial charge in [-0.2, -0.15) is 0 Å². The number of imide groups is 1. The van der Waals surface area contributed by atoms with Gasteiger partial charge in [0.25, 0.3) is 11.1 Å². The molecule has 2 aromatic carbocycles. The maximum atomic E-state index is 14.1. The number of hydrogen-bond acceptors (Lipinski definition) is 4. The van der Waals surface area contributed by atoms with Gasteiger partial charge in [0.2, 0.25) is 0 Å². The highest BCUT2D eigenvalue weighted by atomic mass is 35.5. The van der Waals surface area contributed by atoms with E-state index in [0.29, 0.717) is 0 Å². The maximum Gasteiger partial charge on any atom is 0.335 e. The summed E-state index contributed by atoms with van der Waals surface area (Å²) in [7, 11) is 0. The third kappa shape index (κ3) is 4.31. The number of amides is 2. The van der Waals surface area contributed by atoms with E-state index in [1.165, 1.54) is 30.3 Å². The lowest BCUT2D eigenvalue weighted by Crippen LogP contribution is -2.28. The van der Waals surface area contributed by atoms with E-state index in [1.807, 2.05) is 24.5 Å². The second kappa shape index (κ2) is 8.88. The van der Waals surface area contributed by atoms with E-state index in [9.17, 15) is 18.8 Å². The molecule has 1 fully saturated rings. The zero-order valence-corrected chi connectivity index (χ0v) is 19.2. The van der Waals surface area contributed by atoms with Crippen molar-refractivity contribution in [3.63, 3.8) is 0 Å². The highest BCUT2D eigenvalue weighted by Gasteiger charge is 2.36. The number of aromatic carboxylic acids is 1. The van der Waals surface area contributed by atoms with E-state index in [2.05, 4.69) is 0 Å². The molecule has 33 heavy (non-hydrogen) atoms. The molecule has 6 nitrogen and oxygen atoms in total. The minimum Gasteiger partial charge on any atom is -0.478 e. The normalized spacial score (nSPS) is 15.0. The van der Waals surface area contributed by atoms with Gasteiger partial charge in [-0.15, -0.1) is 0 Å². The van der Waals surface area contributed by atoms with Crippen molar-refractivity contribution in [1.82, 2.24) is 9.47 Å². The number of rotatable bonds is 5. The third-order valence-electron chi connectivity index (χ3n) is 5.38. The maximum absolute atomic E-state index is 14.1. The average Bonchev–Trinajstić information content (AvgIpc) is 3.19. The first kappa shape index (κ1) is 22.8. The summed E-state index contributed by atoms with van der Waals surface area (Å²) in [6, 6.07) is 12.5. The van der Waals surface area contributed by atoms with Crippen LogP contribution in [-0.2, 0) is 11.3 Å². The number of aryl methyl sites for hydroxylation is 1. The van der Waals surface area contributed by atoms with Gasteiger partial charge >= 0.3 is 5.97 Å². The molecule has 0 saturated carbocycles. The topological polar surface area (TPSA) is 79.6 Å². The number of aromatic nitrogens is 1. The molecule has 1 N–H and O–H groups in total. The highest BCUT2D eigenvalue weighted by Crippen LogP contribution is 2.35. The minimum atomic E-state index is -1.00. The van der Waals surface area contributed by atoms with Crippen LogP contribution in [0.3, 0.4) is 0 Å². The number of hydrogen-bond donors (Lipinski definition) is 1. The molecule has 0 radical (unpaired) electrons. The van der Waals surface area contributed by atoms with Crippen LogP contribution in [0.5, 0.6) is 0 Å². The average molecular weight is 485 g/mol. The Hall–Kier alpha value is -3.36. The largest absolute Gasteiger partial charge is 0.478 e. The predicted octanol–water partition coefficient (Wildman–Crippen LogP) is 5.82. The number of carboxylic acid groups (broad SMARTS) is 1. The number of carboxylic acids is 1. The lowest BCUT2D eigenvalue weighted by molar-refractivity contribution is -0.123. The summed E-state index contributed by atoms with van der Waals surface area (Å²) < 4.78 is 16.1. The zero-order chi connectivity index (χ0) is 23.9. The molecule has 1 saturated heterocycles. The quantitative estimate of drug-likeness (QED) is 0.461. The van der Waals surface area contributed by atoms with Gasteiger partial charge in [0.15, 0.2) is 0 Å². The van der Waals surface area contributed by atoms with Crippen LogP contribution in [0.2, 0.25) is 5.02 Å². The SMILES string of the molecule is Cc1cc(/C=C2/SC(=O)N(Cc3c(F)cccc3Cl)C2=O)c(C)n1-c1ccc(C(=O)O)cc1. The molecule has 9 heteroatoms. The van der Waals surface area contributed by atoms with Gasteiger partial charge in [0.05, 0.1) is 17.0 Å². The second-order valence-corrected chi connectivity index (χ2v) is 8.88. The molecule has 1 aliphatic rings. The molecule has 168 valence electrons. The number of benzene rings is 2. The fourth-order valence-electron chi connectivity index (χ4n) is 3.70. The number of carbonyl (C=O) groups excluding carboxylic acids is 2. The van der Waals surface area contributed by atoms with Gasteiger partial charge in [0.1, 0.15) is 5.82 Å². The van der Waals surface area contributed by atoms with Gasteiger partial charge in [-0.05, 0) is 79.7 Å². The molecular weight excluding hydrogens is 467 g/mol. The third-order valence-corrected chi connectivity index (χ3v) is 6.64. The smallest absolute Gasteiger partial charge is 0.335 e. The van der Waals surface area contributed by atoms with Crippen LogP contribution in [0.1, 0.15) is 32.9 Å². The first-order valence-electron chi connectivity index (χ1n) is 9.88. The summed E-state index contributed by atoms with van der Waals surface area (Å²) in [6.07, 6.45) is 1.64. The Kier molecular flexibility index (Phi) is 6.14. The van der Waals surface area contributed by atoms with E-state index >= 15 is 0 Å². The summed E-state index contributed by atoms with van der Waals surface area (Å²) in [6.45, 7) is 3.51. The van der Waals surface area contributed by atoms with Crippen LogP contribution >= 0.6 is 23.4 Å². The highest BCUT2D eigenvalue weighted by molar-refractivity contribution is 8.18. The van der Waals surface area contributed by atoms with Gasteiger partial charge in [-0.3, -0.25) is 14.5 Å². The van der Waals surface area contributed by atoms with Crippen molar-refractivity contribution in [2.45, 2.75) is 20.4 Å². The van der Waals surface area contributed by atoms with Gasteiger partial charge in [0, 0.05) is 27.7 Å². The Morgan fingerprint density at radius 3 is 2.48 bits per heavy atom. The minimum absolute atomic E-state index is 0.0886. The Morgan fingerprint density at radius 1 is 1.15 bits per heavy atom. The van der Waals surface area contributed by atoms with E-state index < -0.39 is 22.9 Å². The van der Waals surface area contributed by atoms with Crippen LogP contribution in [0.15, 0.2) is 53.4 Å². The number of carbonyl (C=O) groups is 3. The predicted molar refractivity (Wildman–Crippen MR) is 125 cm³/mol. The lowest BCUT2D eigenvalue weighted by atomic mass is 10.2. The second-order valence-electron chi connectivity index (χ2n) is 7.48. The molecule has 3 aromatic rings. The number of nitrogens with zero attached hydrogens (tertiary/aromatic N) is 2. The number of halogens is 2. The van der Waals surface area contributed by atoms with Gasteiger partial charge in [-0.1, -0.05) is 17.7 Å². The summed E-state index contributed by atoms with van der Waals surface area (Å²) in [5.41, 5.74) is 3.48. The van der Waals surface area contributed by atoms with Gasteiger partial charge < -0.3 is 9.67 Å². The first-order chi connectivity index (χ1) is 15.7. The van der Waals surface area contributed by atoms with Crippen molar-refractivity contribution in [2.24, 2.45) is 0 Å². The molecule has 0 unspecified atom stereocenters. The molecule has 0 spiro atoms. The van der Waals surface area contributed by atoms with Crippen LogP contribution in [0.25, 0.3) is 11.8 Å².